The first-order chi connectivity index (χ1) is 12.1. The van der Waals surface area contributed by atoms with Crippen LogP contribution in [0.15, 0.2) is 24.3 Å². The van der Waals surface area contributed by atoms with Gasteiger partial charge in [0.2, 0.25) is 0 Å². The molecule has 1 fully saturated rings. The molecule has 26 heavy (non-hydrogen) atoms. The smallest absolute Gasteiger partial charge is 0.317 e. The molecular weight excluding hydrogens is 356 g/mol. The van der Waals surface area contributed by atoms with Crippen molar-refractivity contribution in [1.82, 2.24) is 9.80 Å². The number of carboxylic acid groups (broad SMARTS) is 1. The van der Waals surface area contributed by atoms with E-state index in [1.165, 1.54) is 0 Å². The van der Waals surface area contributed by atoms with E-state index in [-0.39, 0.29) is 19.0 Å². The third-order valence-electron chi connectivity index (χ3n) is 4.63. The normalized spacial score (nSPS) is 15.5. The molecule has 0 saturated carbocycles. The lowest BCUT2D eigenvalue weighted by molar-refractivity contribution is -0.139. The van der Waals surface area contributed by atoms with Gasteiger partial charge in [-0.3, -0.25) is 14.6 Å². The summed E-state index contributed by atoms with van der Waals surface area (Å²) in [7, 11) is 0. The van der Waals surface area contributed by atoms with Gasteiger partial charge in [0.1, 0.15) is 18.1 Å². The Morgan fingerprint density at radius 3 is 2.23 bits per heavy atom. The molecule has 1 saturated heterocycles. The number of carboxylic acids is 1. The van der Waals surface area contributed by atoms with Crippen LogP contribution in [0.2, 0.25) is 0 Å². The number of likely N-dealkylation sites (tertiary alicyclic amines) is 1. The van der Waals surface area contributed by atoms with E-state index in [9.17, 15) is 4.79 Å². The lowest BCUT2D eigenvalue weighted by Crippen LogP contribution is -2.47. The number of benzene rings is 1. The molecule has 0 spiro atoms. The highest BCUT2D eigenvalue weighted by Gasteiger charge is 2.24. The largest absolute Gasteiger partial charge is 0.494 e. The van der Waals surface area contributed by atoms with E-state index in [1.54, 1.807) is 0 Å². The number of piperidine rings is 1. The summed E-state index contributed by atoms with van der Waals surface area (Å²) in [5, 5.41) is 8.99. The van der Waals surface area contributed by atoms with Crippen LogP contribution < -0.4 is 9.47 Å². The molecule has 1 aromatic rings. The molecule has 7 heteroatoms. The van der Waals surface area contributed by atoms with Crippen LogP contribution in [0, 0.1) is 0 Å². The molecule has 1 aromatic carbocycles. The number of hydrogen-bond donors (Lipinski definition) is 1. The van der Waals surface area contributed by atoms with Crippen LogP contribution in [0.3, 0.4) is 0 Å². The Hall–Kier alpha value is -1.50. The molecule has 2 rings (SSSR count). The summed E-state index contributed by atoms with van der Waals surface area (Å²) in [4.78, 5) is 15.4. The first kappa shape index (κ1) is 22.5. The van der Waals surface area contributed by atoms with Gasteiger partial charge >= 0.3 is 5.97 Å². The summed E-state index contributed by atoms with van der Waals surface area (Å²) >= 11 is 0. The van der Waals surface area contributed by atoms with Crippen LogP contribution in [0.1, 0.15) is 26.7 Å². The maximum absolute atomic E-state index is 10.9. The summed E-state index contributed by atoms with van der Waals surface area (Å²) < 4.78 is 11.2. The van der Waals surface area contributed by atoms with Crippen molar-refractivity contribution in [3.8, 4) is 11.5 Å². The topological polar surface area (TPSA) is 62.2 Å². The second-order valence-corrected chi connectivity index (χ2v) is 6.28. The minimum atomic E-state index is -0.743. The molecular formula is C19H31ClN2O4. The van der Waals surface area contributed by atoms with Gasteiger partial charge in [-0.25, -0.2) is 0 Å². The lowest BCUT2D eigenvalue weighted by Gasteiger charge is -2.37. The van der Waals surface area contributed by atoms with Crippen molar-refractivity contribution in [2.75, 3.05) is 45.9 Å². The number of likely N-dealkylation sites (N-methyl/N-ethyl adjacent to an activating group) is 1. The van der Waals surface area contributed by atoms with Crippen molar-refractivity contribution in [3.63, 3.8) is 0 Å². The maximum atomic E-state index is 10.9. The summed E-state index contributed by atoms with van der Waals surface area (Å²) in [6.07, 6.45) is 2.04. The van der Waals surface area contributed by atoms with Gasteiger partial charge in [-0.05, 0) is 63.7 Å². The van der Waals surface area contributed by atoms with Crippen LogP contribution in [0.5, 0.6) is 11.5 Å². The highest BCUT2D eigenvalue weighted by Crippen LogP contribution is 2.18. The van der Waals surface area contributed by atoms with Crippen LogP contribution in [0.4, 0.5) is 0 Å². The van der Waals surface area contributed by atoms with Crippen molar-refractivity contribution < 1.29 is 19.4 Å². The third kappa shape index (κ3) is 7.40. The predicted molar refractivity (Wildman–Crippen MR) is 105 cm³/mol. The van der Waals surface area contributed by atoms with E-state index in [0.29, 0.717) is 19.3 Å². The molecule has 1 aliphatic rings. The zero-order valence-corrected chi connectivity index (χ0v) is 16.5. The van der Waals surface area contributed by atoms with E-state index in [4.69, 9.17) is 14.6 Å². The zero-order chi connectivity index (χ0) is 18.1. The van der Waals surface area contributed by atoms with Crippen molar-refractivity contribution in [3.05, 3.63) is 24.3 Å². The van der Waals surface area contributed by atoms with Crippen LogP contribution >= 0.6 is 12.4 Å². The third-order valence-corrected chi connectivity index (χ3v) is 4.63. The van der Waals surface area contributed by atoms with Gasteiger partial charge in [0.05, 0.1) is 13.2 Å². The van der Waals surface area contributed by atoms with Crippen molar-refractivity contribution >= 4 is 18.4 Å². The molecule has 0 radical (unpaired) electrons. The minimum Gasteiger partial charge on any atom is -0.494 e. The second-order valence-electron chi connectivity index (χ2n) is 6.28. The number of ether oxygens (including phenoxy) is 2. The fraction of sp³-hybridized carbons (Fsp3) is 0.632. The Labute approximate surface area is 162 Å². The monoisotopic (exact) mass is 386 g/mol. The summed E-state index contributed by atoms with van der Waals surface area (Å²) in [5.41, 5.74) is 0. The first-order valence-electron chi connectivity index (χ1n) is 9.16. The predicted octanol–water partition coefficient (Wildman–Crippen LogP) is 2.76. The van der Waals surface area contributed by atoms with Gasteiger partial charge in [-0.2, -0.15) is 0 Å². The number of aliphatic carboxylic acids is 1. The number of rotatable bonds is 10. The van der Waals surface area contributed by atoms with Crippen molar-refractivity contribution in [2.45, 2.75) is 32.7 Å². The average molecular weight is 387 g/mol. The van der Waals surface area contributed by atoms with E-state index in [2.05, 4.69) is 9.80 Å². The zero-order valence-electron chi connectivity index (χ0n) is 15.7. The Kier molecular flexibility index (Phi) is 10.4. The van der Waals surface area contributed by atoms with Gasteiger partial charge in [0.25, 0.3) is 0 Å². The highest BCUT2D eigenvalue weighted by molar-refractivity contribution is 5.85. The highest BCUT2D eigenvalue weighted by atomic mass is 35.5. The molecule has 1 aliphatic heterocycles. The Morgan fingerprint density at radius 1 is 1.15 bits per heavy atom. The SMILES string of the molecule is CCOc1ccc(OCCN2CCC(N(CC)CC(=O)O)CC2)cc1.Cl. The standard InChI is InChI=1S/C19H30N2O4.ClH/c1-3-21(15-19(22)23)16-9-11-20(12-10-16)13-14-25-18-7-5-17(6-8-18)24-4-2;/h5-8,16H,3-4,9-15H2,1-2H3,(H,22,23);1H. The molecule has 0 bridgehead atoms. The van der Waals surface area contributed by atoms with Gasteiger partial charge in [0, 0.05) is 12.6 Å². The molecule has 6 nitrogen and oxygen atoms in total. The summed E-state index contributed by atoms with van der Waals surface area (Å²) in [6.45, 7) is 9.13. The Morgan fingerprint density at radius 2 is 1.73 bits per heavy atom. The first-order valence-corrected chi connectivity index (χ1v) is 9.16. The van der Waals surface area contributed by atoms with Gasteiger partial charge in [0.15, 0.2) is 0 Å². The molecule has 0 unspecified atom stereocenters. The Bertz CT molecular complexity index is 519. The summed E-state index contributed by atoms with van der Waals surface area (Å²) in [5.74, 6) is 0.976. The second kappa shape index (κ2) is 12.0. The molecule has 0 aromatic heterocycles. The quantitative estimate of drug-likeness (QED) is 0.667. The minimum absolute atomic E-state index is 0. The van der Waals surface area contributed by atoms with Crippen LogP contribution in [0.25, 0.3) is 0 Å². The average Bonchev–Trinajstić information content (AvgIpc) is 2.62. The molecule has 0 atom stereocenters. The number of halogens is 1. The van der Waals surface area contributed by atoms with Gasteiger partial charge in [-0.15, -0.1) is 12.4 Å². The van der Waals surface area contributed by atoms with E-state index in [1.807, 2.05) is 38.1 Å². The number of nitrogens with zero attached hydrogens (tertiary/aromatic N) is 2. The Balaban J connectivity index is 0.00000338. The van der Waals surface area contributed by atoms with Crippen LogP contribution in [-0.4, -0.2) is 72.9 Å². The van der Waals surface area contributed by atoms with Crippen LogP contribution in [-0.2, 0) is 4.79 Å². The molecule has 148 valence electrons. The fourth-order valence-corrected chi connectivity index (χ4v) is 3.27. The molecule has 1 N–H and O–H groups in total. The number of carbonyl (C=O) groups is 1. The van der Waals surface area contributed by atoms with Gasteiger partial charge in [-0.1, -0.05) is 6.92 Å². The van der Waals surface area contributed by atoms with E-state index < -0.39 is 5.97 Å². The summed E-state index contributed by atoms with van der Waals surface area (Å²) in [6, 6.07) is 8.09. The number of hydrogen-bond acceptors (Lipinski definition) is 5. The van der Waals surface area contributed by atoms with Crippen molar-refractivity contribution in [1.29, 1.82) is 0 Å². The molecule has 1 heterocycles. The maximum Gasteiger partial charge on any atom is 0.317 e. The van der Waals surface area contributed by atoms with E-state index >= 15 is 0 Å². The fourth-order valence-electron chi connectivity index (χ4n) is 3.27. The molecule has 0 aliphatic carbocycles. The van der Waals surface area contributed by atoms with E-state index in [0.717, 1.165) is 50.5 Å². The molecule has 0 amide bonds. The lowest BCUT2D eigenvalue weighted by atomic mass is 10.0. The van der Waals surface area contributed by atoms with Crippen molar-refractivity contribution in [2.24, 2.45) is 0 Å². The van der Waals surface area contributed by atoms with Gasteiger partial charge < -0.3 is 14.6 Å².